The van der Waals surface area contributed by atoms with Crippen molar-refractivity contribution < 1.29 is 63.6 Å². The van der Waals surface area contributed by atoms with Crippen molar-refractivity contribution in [3.05, 3.63) is 58.7 Å². The van der Waals surface area contributed by atoms with E-state index < -0.39 is 17.9 Å². The largest absolute Gasteiger partial charge is 1.00 e. The zero-order chi connectivity index (χ0) is 31.1. The summed E-state index contributed by atoms with van der Waals surface area (Å²) in [5, 5.41) is 12.3. The van der Waals surface area contributed by atoms with E-state index in [1.807, 2.05) is 32.9 Å². The predicted molar refractivity (Wildman–Crippen MR) is 167 cm³/mol. The van der Waals surface area contributed by atoms with Crippen LogP contribution in [0.2, 0.25) is 0 Å². The number of aryl methyl sites for hydroxylation is 4. The van der Waals surface area contributed by atoms with Crippen LogP contribution in [0.4, 0.5) is 11.4 Å². The zero-order valence-corrected chi connectivity index (χ0v) is 28.9. The molecule has 2 aromatic carbocycles. The standard InChI is InChI=1S/C12H19N.C8H11N.C4H6O4.C4H8O.C2H4O2.CH4.B.Na/c1-9(2)8-13-12-6-5-10(3)7-11(12)4;1-6-3-4-8(9)7(2)5-6;1-3(5)7-8-4(2)6;1-4(2)3-5;1-2(3)4;;;/h5-7,9,13H,8H2,1-4H3;3-5H,9H2,1-2H3;1-2H3;3-4H,1-2H3;1H3,(H,3,4);1H4;;/q;;;;;;;+1/p-1. The van der Waals surface area contributed by atoms with Crippen molar-refractivity contribution in [2.24, 2.45) is 11.8 Å². The van der Waals surface area contributed by atoms with Gasteiger partial charge in [0, 0.05) is 52.1 Å². The van der Waals surface area contributed by atoms with Gasteiger partial charge in [0.2, 0.25) is 0 Å². The van der Waals surface area contributed by atoms with Gasteiger partial charge in [-0.2, -0.15) is 0 Å². The molecule has 3 N–H and O–H groups in total. The fourth-order valence-corrected chi connectivity index (χ4v) is 2.27. The first kappa shape index (κ1) is 51.9. The minimum Gasteiger partial charge on any atom is -0.550 e. The summed E-state index contributed by atoms with van der Waals surface area (Å²) in [6, 6.07) is 12.5. The molecule has 0 spiro atoms. The Labute approximate surface area is 278 Å². The molecule has 0 unspecified atom stereocenters. The van der Waals surface area contributed by atoms with Crippen molar-refractivity contribution in [3.63, 3.8) is 0 Å². The molecule has 0 bridgehead atoms. The summed E-state index contributed by atoms with van der Waals surface area (Å²) < 4.78 is 0. The van der Waals surface area contributed by atoms with Crippen molar-refractivity contribution in [3.8, 4) is 0 Å². The summed E-state index contributed by atoms with van der Waals surface area (Å²) in [6.45, 7) is 20.8. The second-order valence-electron chi connectivity index (χ2n) is 9.47. The summed E-state index contributed by atoms with van der Waals surface area (Å²) >= 11 is 0. The van der Waals surface area contributed by atoms with Gasteiger partial charge < -0.3 is 25.7 Å². The summed E-state index contributed by atoms with van der Waals surface area (Å²) in [5.74, 6) is -1.46. The summed E-state index contributed by atoms with van der Waals surface area (Å²) in [7, 11) is 0. The summed E-state index contributed by atoms with van der Waals surface area (Å²) in [4.78, 5) is 45.7. The van der Waals surface area contributed by atoms with Gasteiger partial charge in [-0.1, -0.05) is 70.5 Å². The number of benzene rings is 2. The Morgan fingerprint density at radius 1 is 0.857 bits per heavy atom. The maximum absolute atomic E-state index is 9.85. The van der Waals surface area contributed by atoms with Crippen LogP contribution in [0.3, 0.4) is 0 Å². The second kappa shape index (κ2) is 31.1. The first-order valence-electron chi connectivity index (χ1n) is 12.5. The third kappa shape index (κ3) is 39.3. The number of carboxylic acids is 1. The van der Waals surface area contributed by atoms with Crippen molar-refractivity contribution in [2.45, 2.75) is 83.6 Å². The van der Waals surface area contributed by atoms with Crippen LogP contribution in [-0.2, 0) is 29.0 Å². The smallest absolute Gasteiger partial charge is 0.550 e. The number of nitrogen functional groups attached to an aromatic ring is 1. The maximum atomic E-state index is 9.85. The van der Waals surface area contributed by atoms with Gasteiger partial charge in [0.25, 0.3) is 0 Å². The van der Waals surface area contributed by atoms with Crippen molar-refractivity contribution in [2.75, 3.05) is 17.6 Å². The molecular formula is C31H51BN2NaO7. The van der Waals surface area contributed by atoms with E-state index in [1.165, 1.54) is 22.4 Å². The molecule has 3 radical (unpaired) electrons. The number of rotatable bonds is 4. The van der Waals surface area contributed by atoms with Crippen molar-refractivity contribution in [1.29, 1.82) is 0 Å². The van der Waals surface area contributed by atoms with Gasteiger partial charge in [-0.3, -0.25) is 0 Å². The molecule has 2 aromatic rings. The normalized spacial score (nSPS) is 8.40. The van der Waals surface area contributed by atoms with Gasteiger partial charge in [-0.15, -0.1) is 0 Å². The van der Waals surface area contributed by atoms with Crippen LogP contribution < -0.4 is 45.7 Å². The molecule has 0 atom stereocenters. The van der Waals surface area contributed by atoms with Crippen LogP contribution >= 0.6 is 0 Å². The Bertz CT molecular complexity index is 999. The van der Waals surface area contributed by atoms with E-state index in [0.29, 0.717) is 5.92 Å². The Hall–Kier alpha value is -2.82. The molecule has 42 heavy (non-hydrogen) atoms. The molecule has 0 amide bonds. The van der Waals surface area contributed by atoms with Crippen LogP contribution in [0.5, 0.6) is 0 Å². The van der Waals surface area contributed by atoms with Gasteiger partial charge in [0.1, 0.15) is 6.29 Å². The van der Waals surface area contributed by atoms with Crippen molar-refractivity contribution in [1.82, 2.24) is 0 Å². The Kier molecular flexibility index (Phi) is 38.5. The Morgan fingerprint density at radius 2 is 1.21 bits per heavy atom. The average molecular weight is 598 g/mol. The SMILES string of the molecule is C.CC(=O)OOC(C)=O.CC(=O)[O-].CC(C)C=O.Cc1ccc(N)c(C)c1.Cc1ccc(NCC(C)C)c(C)c1.[B].[Na+]. The molecule has 0 aliphatic rings. The number of nitrogens with one attached hydrogen (secondary N) is 1. The molecule has 0 aliphatic carbocycles. The van der Waals surface area contributed by atoms with Gasteiger partial charge >= 0.3 is 41.5 Å². The van der Waals surface area contributed by atoms with Gasteiger partial charge in [0.05, 0.1) is 0 Å². The number of anilines is 2. The second-order valence-corrected chi connectivity index (χ2v) is 9.47. The number of nitrogens with two attached hydrogens (primary N) is 1. The van der Waals surface area contributed by atoms with Crippen molar-refractivity contribution >= 4 is 44.0 Å². The molecule has 0 fully saturated rings. The number of hydrogen-bond donors (Lipinski definition) is 2. The minimum absolute atomic E-state index is 0. The van der Waals surface area contributed by atoms with E-state index in [-0.39, 0.29) is 51.3 Å². The number of hydrogen-bond acceptors (Lipinski definition) is 9. The topological polar surface area (TPSA) is 148 Å². The fraction of sp³-hybridized carbons (Fsp3) is 0.484. The molecule has 0 aromatic heterocycles. The van der Waals surface area contributed by atoms with Crippen LogP contribution in [0.1, 0.15) is 78.1 Å². The molecule has 11 heteroatoms. The van der Waals surface area contributed by atoms with E-state index in [2.05, 4.69) is 74.0 Å². The molecule has 2 rings (SSSR count). The van der Waals surface area contributed by atoms with E-state index in [0.717, 1.165) is 44.9 Å². The minimum atomic E-state index is -1.08. The van der Waals surface area contributed by atoms with Crippen LogP contribution in [-0.4, -0.2) is 39.2 Å². The molecule has 9 nitrogen and oxygen atoms in total. The number of carbonyl (C=O) groups is 4. The number of aldehydes is 1. The first-order valence-corrected chi connectivity index (χ1v) is 12.5. The van der Waals surface area contributed by atoms with Crippen LogP contribution in [0, 0.1) is 39.5 Å². The maximum Gasteiger partial charge on any atom is 1.00 e. The number of carbonyl (C=O) groups excluding carboxylic acids is 4. The van der Waals surface area contributed by atoms with Gasteiger partial charge in [-0.05, 0) is 63.8 Å². The first-order chi connectivity index (χ1) is 17.9. The van der Waals surface area contributed by atoms with Gasteiger partial charge in [-0.25, -0.2) is 19.4 Å². The Balaban J connectivity index is -0.000000100. The monoisotopic (exact) mass is 597 g/mol. The summed E-state index contributed by atoms with van der Waals surface area (Å²) in [5.41, 5.74) is 12.8. The number of carboxylic acid groups (broad SMARTS) is 1. The van der Waals surface area contributed by atoms with E-state index >= 15 is 0 Å². The molecule has 231 valence electrons. The van der Waals surface area contributed by atoms with Crippen LogP contribution in [0.15, 0.2) is 36.4 Å². The Morgan fingerprint density at radius 3 is 1.48 bits per heavy atom. The fourth-order valence-electron chi connectivity index (χ4n) is 2.27. The third-order valence-electron chi connectivity index (χ3n) is 4.06. The van der Waals surface area contributed by atoms with E-state index in [9.17, 15) is 14.4 Å². The summed E-state index contributed by atoms with van der Waals surface area (Å²) in [6.07, 6.45) is 0.917. The van der Waals surface area contributed by atoms with Crippen LogP contribution in [0.25, 0.3) is 0 Å². The average Bonchev–Trinajstić information content (AvgIpc) is 2.80. The quantitative estimate of drug-likeness (QED) is 0.178. The predicted octanol–water partition coefficient (Wildman–Crippen LogP) is 2.14. The molecule has 0 saturated heterocycles. The molecule has 0 saturated carbocycles. The van der Waals surface area contributed by atoms with E-state index in [1.54, 1.807) is 0 Å². The van der Waals surface area contributed by atoms with E-state index in [4.69, 9.17) is 15.6 Å². The third-order valence-corrected chi connectivity index (χ3v) is 4.06. The molecule has 0 heterocycles. The number of aliphatic carboxylic acids is 1. The zero-order valence-electron chi connectivity index (χ0n) is 26.9. The van der Waals surface area contributed by atoms with Gasteiger partial charge in [0.15, 0.2) is 0 Å². The molecule has 0 aliphatic heterocycles. The molecular weight excluding hydrogens is 546 g/mol.